The van der Waals surface area contributed by atoms with Crippen molar-refractivity contribution in [1.29, 1.82) is 0 Å². The summed E-state index contributed by atoms with van der Waals surface area (Å²) in [7, 11) is 1.75. The molecule has 0 saturated heterocycles. The van der Waals surface area contributed by atoms with Gasteiger partial charge in [0.05, 0.1) is 6.04 Å². The zero-order chi connectivity index (χ0) is 16.1. The van der Waals surface area contributed by atoms with Crippen molar-refractivity contribution in [1.82, 2.24) is 14.7 Å². The van der Waals surface area contributed by atoms with Crippen LogP contribution in [0.2, 0.25) is 0 Å². The molecular formula is C17H21N3O2. The van der Waals surface area contributed by atoms with Crippen molar-refractivity contribution < 1.29 is 4.79 Å². The third-order valence-electron chi connectivity index (χ3n) is 3.70. The first-order chi connectivity index (χ1) is 10.5. The zero-order valence-corrected chi connectivity index (χ0v) is 13.2. The first kappa shape index (κ1) is 15.9. The highest BCUT2D eigenvalue weighted by molar-refractivity contribution is 5.92. The summed E-state index contributed by atoms with van der Waals surface area (Å²) in [4.78, 5) is 25.9. The first-order valence-electron chi connectivity index (χ1n) is 7.45. The molecule has 2 rings (SSSR count). The molecule has 0 aliphatic carbocycles. The maximum atomic E-state index is 12.6. The normalized spacial score (nSPS) is 12.0. The summed E-state index contributed by atoms with van der Waals surface area (Å²) in [6.07, 6.45) is 0.792. The average Bonchev–Trinajstić information content (AvgIpc) is 2.56. The summed E-state index contributed by atoms with van der Waals surface area (Å²) < 4.78 is 1.34. The van der Waals surface area contributed by atoms with Crippen LogP contribution < -0.4 is 5.56 Å². The van der Waals surface area contributed by atoms with Crippen LogP contribution in [0.4, 0.5) is 0 Å². The fourth-order valence-electron chi connectivity index (χ4n) is 2.25. The van der Waals surface area contributed by atoms with E-state index in [1.54, 1.807) is 11.9 Å². The second-order valence-electron chi connectivity index (χ2n) is 5.28. The molecule has 1 atom stereocenters. The largest absolute Gasteiger partial charge is 0.334 e. The molecule has 22 heavy (non-hydrogen) atoms. The number of aryl methyl sites for hydroxylation is 1. The molecule has 1 aromatic heterocycles. The summed E-state index contributed by atoms with van der Waals surface area (Å²) in [5, 5.41) is 4.17. The lowest BCUT2D eigenvalue weighted by Crippen LogP contribution is -2.33. The Bertz CT molecular complexity index is 695. The minimum absolute atomic E-state index is 0.0675. The van der Waals surface area contributed by atoms with Crippen molar-refractivity contribution >= 4 is 5.91 Å². The zero-order valence-electron chi connectivity index (χ0n) is 13.2. The molecule has 1 amide bonds. The molecule has 2 aromatic rings. The molecule has 0 aliphatic heterocycles. The molecule has 5 nitrogen and oxygen atoms in total. The van der Waals surface area contributed by atoms with Gasteiger partial charge in [-0.15, -0.1) is 0 Å². The summed E-state index contributed by atoms with van der Waals surface area (Å²) >= 11 is 0. The smallest absolute Gasteiger partial charge is 0.274 e. The molecule has 0 saturated carbocycles. The van der Waals surface area contributed by atoms with Crippen molar-refractivity contribution in [3.05, 3.63) is 64.1 Å². The van der Waals surface area contributed by atoms with Crippen molar-refractivity contribution in [3.8, 4) is 0 Å². The van der Waals surface area contributed by atoms with E-state index in [4.69, 9.17) is 0 Å². The van der Waals surface area contributed by atoms with Gasteiger partial charge in [-0.25, -0.2) is 4.68 Å². The van der Waals surface area contributed by atoms with Gasteiger partial charge in [-0.05, 0) is 25.0 Å². The molecule has 0 aliphatic rings. The monoisotopic (exact) mass is 299 g/mol. The molecule has 5 heteroatoms. The molecule has 116 valence electrons. The van der Waals surface area contributed by atoms with Crippen molar-refractivity contribution in [3.63, 3.8) is 0 Å². The molecular weight excluding hydrogens is 278 g/mol. The van der Waals surface area contributed by atoms with Gasteiger partial charge in [-0.2, -0.15) is 5.10 Å². The molecule has 1 aromatic carbocycles. The standard InChI is InChI=1S/C17H21N3O2/c1-4-12-20-16(21)11-10-15(18-20)17(22)19(3)13(2)14-8-6-5-7-9-14/h5-11,13H,4,12H2,1-3H3. The summed E-state index contributed by atoms with van der Waals surface area (Å²) in [5.41, 5.74) is 1.16. The van der Waals surface area contributed by atoms with Crippen LogP contribution in [0, 0.1) is 0 Å². The number of amides is 1. The van der Waals surface area contributed by atoms with E-state index in [0.717, 1.165) is 12.0 Å². The van der Waals surface area contributed by atoms with Gasteiger partial charge < -0.3 is 4.90 Å². The van der Waals surface area contributed by atoms with E-state index in [0.29, 0.717) is 12.2 Å². The third-order valence-corrected chi connectivity index (χ3v) is 3.70. The SMILES string of the molecule is CCCn1nc(C(=O)N(C)C(C)c2ccccc2)ccc1=O. The average molecular weight is 299 g/mol. The number of hydrogen-bond donors (Lipinski definition) is 0. The Balaban J connectivity index is 2.24. The van der Waals surface area contributed by atoms with Crippen LogP contribution >= 0.6 is 0 Å². The topological polar surface area (TPSA) is 55.2 Å². The number of benzene rings is 1. The highest BCUT2D eigenvalue weighted by Gasteiger charge is 2.20. The van der Waals surface area contributed by atoms with Crippen LogP contribution in [0.5, 0.6) is 0 Å². The Kier molecular flexibility index (Phi) is 5.09. The van der Waals surface area contributed by atoms with Gasteiger partial charge in [0.25, 0.3) is 11.5 Å². The van der Waals surface area contributed by atoms with Gasteiger partial charge in [0.2, 0.25) is 0 Å². The van der Waals surface area contributed by atoms with E-state index in [9.17, 15) is 9.59 Å². The Hall–Kier alpha value is -2.43. The summed E-state index contributed by atoms with van der Waals surface area (Å²) in [6.45, 7) is 4.44. The molecule has 1 unspecified atom stereocenters. The Morgan fingerprint density at radius 3 is 2.55 bits per heavy atom. The maximum absolute atomic E-state index is 12.6. The van der Waals surface area contributed by atoms with Crippen LogP contribution in [-0.4, -0.2) is 27.6 Å². The molecule has 0 spiro atoms. The number of carbonyl (C=O) groups excluding carboxylic acids is 1. The van der Waals surface area contributed by atoms with Crippen molar-refractivity contribution in [2.24, 2.45) is 0 Å². The van der Waals surface area contributed by atoms with Crippen molar-refractivity contribution in [2.75, 3.05) is 7.05 Å². The highest BCUT2D eigenvalue weighted by Crippen LogP contribution is 2.19. The molecule has 1 heterocycles. The molecule has 0 N–H and O–H groups in total. The van der Waals surface area contributed by atoms with E-state index < -0.39 is 0 Å². The number of aromatic nitrogens is 2. The summed E-state index contributed by atoms with van der Waals surface area (Å²) in [5.74, 6) is -0.193. The number of nitrogens with zero attached hydrogens (tertiary/aromatic N) is 3. The quantitative estimate of drug-likeness (QED) is 0.852. The number of carbonyl (C=O) groups is 1. The molecule has 0 radical (unpaired) electrons. The Morgan fingerprint density at radius 1 is 1.23 bits per heavy atom. The summed E-state index contributed by atoms with van der Waals surface area (Å²) in [6, 6.07) is 12.6. The van der Waals surface area contributed by atoms with Gasteiger partial charge in [0.1, 0.15) is 5.69 Å². The van der Waals surface area contributed by atoms with Gasteiger partial charge in [-0.1, -0.05) is 37.3 Å². The van der Waals surface area contributed by atoms with E-state index in [1.807, 2.05) is 44.2 Å². The van der Waals surface area contributed by atoms with Crippen LogP contribution in [0.1, 0.15) is 42.4 Å². The van der Waals surface area contributed by atoms with E-state index in [-0.39, 0.29) is 17.5 Å². The van der Waals surface area contributed by atoms with Crippen LogP contribution in [0.25, 0.3) is 0 Å². The highest BCUT2D eigenvalue weighted by atomic mass is 16.2. The minimum atomic E-state index is -0.193. The first-order valence-corrected chi connectivity index (χ1v) is 7.45. The fourth-order valence-corrected chi connectivity index (χ4v) is 2.25. The third kappa shape index (κ3) is 3.42. The molecule has 0 fully saturated rings. The lowest BCUT2D eigenvalue weighted by molar-refractivity contribution is 0.0733. The number of rotatable bonds is 5. The van der Waals surface area contributed by atoms with E-state index in [1.165, 1.54) is 16.8 Å². The van der Waals surface area contributed by atoms with E-state index >= 15 is 0 Å². The van der Waals surface area contributed by atoms with Crippen LogP contribution in [0.3, 0.4) is 0 Å². The van der Waals surface area contributed by atoms with Crippen LogP contribution in [-0.2, 0) is 6.54 Å². The second kappa shape index (κ2) is 7.02. The van der Waals surface area contributed by atoms with Gasteiger partial charge in [-0.3, -0.25) is 9.59 Å². The Morgan fingerprint density at radius 2 is 1.91 bits per heavy atom. The lowest BCUT2D eigenvalue weighted by atomic mass is 10.1. The van der Waals surface area contributed by atoms with Gasteiger partial charge in [0, 0.05) is 19.7 Å². The predicted molar refractivity (Wildman–Crippen MR) is 85.7 cm³/mol. The Labute approximate surface area is 130 Å². The fraction of sp³-hybridized carbons (Fsp3) is 0.353. The van der Waals surface area contributed by atoms with Gasteiger partial charge in [0.15, 0.2) is 0 Å². The lowest BCUT2D eigenvalue weighted by Gasteiger charge is -2.25. The number of hydrogen-bond acceptors (Lipinski definition) is 3. The van der Waals surface area contributed by atoms with Gasteiger partial charge >= 0.3 is 0 Å². The maximum Gasteiger partial charge on any atom is 0.274 e. The van der Waals surface area contributed by atoms with Crippen LogP contribution in [0.15, 0.2) is 47.3 Å². The minimum Gasteiger partial charge on any atom is -0.334 e. The second-order valence-corrected chi connectivity index (χ2v) is 5.28. The molecule has 0 bridgehead atoms. The van der Waals surface area contributed by atoms with E-state index in [2.05, 4.69) is 5.10 Å². The predicted octanol–water partition coefficient (Wildman–Crippen LogP) is 2.49. The van der Waals surface area contributed by atoms with Crippen molar-refractivity contribution in [2.45, 2.75) is 32.9 Å².